The number of aromatic nitrogens is 1. The number of hydrogen-bond donors (Lipinski definition) is 2. The van der Waals surface area contributed by atoms with Gasteiger partial charge in [0, 0.05) is 63.0 Å². The van der Waals surface area contributed by atoms with E-state index >= 15 is 0 Å². The minimum Gasteiger partial charge on any atom is -0.369 e. The summed E-state index contributed by atoms with van der Waals surface area (Å²) in [7, 11) is 1.69. The Morgan fingerprint density at radius 2 is 1.80 bits per heavy atom. The maximum Gasteiger partial charge on any atom is 0.405 e. The Labute approximate surface area is 255 Å². The van der Waals surface area contributed by atoms with Gasteiger partial charge in [0.25, 0.3) is 11.5 Å². The van der Waals surface area contributed by atoms with Crippen LogP contribution in [0.2, 0.25) is 0 Å². The Bertz CT molecular complexity index is 1710. The Balaban J connectivity index is 1.45. The normalized spacial score (nSPS) is 15.0. The summed E-state index contributed by atoms with van der Waals surface area (Å²) in [6, 6.07) is 18.8. The second kappa shape index (κ2) is 14.2. The number of anilines is 3. The number of rotatable bonds is 9. The highest BCUT2D eigenvalue weighted by atomic mass is 32.1. The van der Waals surface area contributed by atoms with Gasteiger partial charge in [-0.05, 0) is 37.3 Å². The molecule has 1 aromatic heterocycles. The number of likely N-dealkylation sites (N-methyl/N-ethyl adjacent to an activating group) is 1. The first-order chi connectivity index (χ1) is 21.0. The fourth-order valence-corrected chi connectivity index (χ4v) is 5.74. The molecule has 44 heavy (non-hydrogen) atoms. The van der Waals surface area contributed by atoms with E-state index in [-0.39, 0.29) is 28.2 Å². The lowest BCUT2D eigenvalue weighted by atomic mass is 10.2. The molecule has 0 atom stereocenters. The van der Waals surface area contributed by atoms with E-state index < -0.39 is 29.8 Å². The third-order valence-electron chi connectivity index (χ3n) is 7.06. The van der Waals surface area contributed by atoms with E-state index in [9.17, 15) is 32.8 Å². The number of nitrogens with one attached hydrogen (secondary N) is 2. The minimum absolute atomic E-state index is 0.0450. The number of benzene rings is 2. The van der Waals surface area contributed by atoms with Crippen molar-refractivity contribution >= 4 is 52.0 Å². The van der Waals surface area contributed by atoms with Crippen molar-refractivity contribution < 1.29 is 22.8 Å². The molecule has 1 aliphatic rings. The second-order valence-electron chi connectivity index (χ2n) is 10.00. The molecule has 232 valence electrons. The largest absolute Gasteiger partial charge is 0.405 e. The third-order valence-corrected chi connectivity index (χ3v) is 8.19. The SMILES string of the molecule is CCn1c(=C(C#N)C(=O)NCC(F)(F)F)sc(=CNc2cccc(N(C)C(=O)CN3CCN(c4ccccc4)CC3)c2)c1=O. The molecule has 0 unspecified atom stereocenters. The molecule has 2 N–H and O–H groups in total. The molecule has 1 fully saturated rings. The average molecular weight is 628 g/mol. The number of halogens is 3. The first-order valence-electron chi connectivity index (χ1n) is 13.9. The highest BCUT2D eigenvalue weighted by Crippen LogP contribution is 2.20. The number of hydrogen-bond acceptors (Lipinski definition) is 8. The highest BCUT2D eigenvalue weighted by Gasteiger charge is 2.29. The van der Waals surface area contributed by atoms with Gasteiger partial charge in [0.05, 0.1) is 6.54 Å². The molecule has 2 aromatic carbocycles. The zero-order chi connectivity index (χ0) is 31.9. The van der Waals surface area contributed by atoms with Gasteiger partial charge in [-0.1, -0.05) is 24.3 Å². The van der Waals surface area contributed by atoms with Gasteiger partial charge >= 0.3 is 6.18 Å². The number of alkyl halides is 3. The fraction of sp³-hybridized carbons (Fsp3) is 0.333. The Hall–Kier alpha value is -4.61. The van der Waals surface area contributed by atoms with Crippen LogP contribution in [0.15, 0.2) is 59.4 Å². The van der Waals surface area contributed by atoms with Crippen LogP contribution in [-0.4, -0.2) is 73.8 Å². The smallest absolute Gasteiger partial charge is 0.369 e. The summed E-state index contributed by atoms with van der Waals surface area (Å²) in [6.45, 7) is 3.56. The molecule has 0 aliphatic carbocycles. The molecule has 2 heterocycles. The van der Waals surface area contributed by atoms with E-state index in [2.05, 4.69) is 27.2 Å². The number of nitrogens with zero attached hydrogens (tertiary/aromatic N) is 5. The summed E-state index contributed by atoms with van der Waals surface area (Å²) in [6.07, 6.45) is -3.25. The van der Waals surface area contributed by atoms with Crippen LogP contribution in [0, 0.1) is 11.3 Å². The molecular formula is C30H32F3N7O3S. The molecule has 0 bridgehead atoms. The van der Waals surface area contributed by atoms with Gasteiger partial charge in [0.2, 0.25) is 5.91 Å². The van der Waals surface area contributed by atoms with Crippen LogP contribution in [-0.2, 0) is 16.1 Å². The summed E-state index contributed by atoms with van der Waals surface area (Å²) in [4.78, 5) is 44.3. The van der Waals surface area contributed by atoms with Crippen LogP contribution in [0.1, 0.15) is 6.92 Å². The number of amides is 2. The first kappa shape index (κ1) is 32.3. The molecule has 14 heteroatoms. The summed E-state index contributed by atoms with van der Waals surface area (Å²) in [5, 5.41) is 14.2. The monoisotopic (exact) mass is 627 g/mol. The van der Waals surface area contributed by atoms with Crippen LogP contribution < -0.4 is 35.2 Å². The van der Waals surface area contributed by atoms with Gasteiger partial charge in [-0.15, -0.1) is 11.3 Å². The van der Waals surface area contributed by atoms with E-state index in [0.29, 0.717) is 11.4 Å². The lowest BCUT2D eigenvalue weighted by Crippen LogP contribution is -2.49. The molecule has 0 saturated carbocycles. The van der Waals surface area contributed by atoms with Crippen molar-refractivity contribution in [2.45, 2.75) is 19.6 Å². The van der Waals surface area contributed by atoms with E-state index in [1.54, 1.807) is 54.5 Å². The summed E-state index contributed by atoms with van der Waals surface area (Å²) >= 11 is 0.815. The van der Waals surface area contributed by atoms with Gasteiger partial charge in [-0.3, -0.25) is 23.9 Å². The van der Waals surface area contributed by atoms with Gasteiger partial charge in [0.1, 0.15) is 21.8 Å². The van der Waals surface area contributed by atoms with E-state index in [0.717, 1.165) is 42.1 Å². The van der Waals surface area contributed by atoms with Crippen molar-refractivity contribution in [3.8, 4) is 6.07 Å². The number of piperazine rings is 1. The molecule has 0 radical (unpaired) electrons. The molecule has 2 amide bonds. The van der Waals surface area contributed by atoms with Crippen LogP contribution in [0.4, 0.5) is 30.2 Å². The lowest BCUT2D eigenvalue weighted by Gasteiger charge is -2.36. The van der Waals surface area contributed by atoms with Gasteiger partial charge in [-0.25, -0.2) is 0 Å². The van der Waals surface area contributed by atoms with Crippen LogP contribution in [0.5, 0.6) is 0 Å². The van der Waals surface area contributed by atoms with Crippen LogP contribution >= 0.6 is 11.3 Å². The predicted octanol–water partition coefficient (Wildman–Crippen LogP) is 1.92. The molecule has 10 nitrogen and oxygen atoms in total. The zero-order valence-corrected chi connectivity index (χ0v) is 25.0. The maximum atomic E-state index is 13.1. The van der Waals surface area contributed by atoms with Gasteiger partial charge in [-0.2, -0.15) is 18.4 Å². The number of thiazole rings is 1. The van der Waals surface area contributed by atoms with Crippen LogP contribution in [0.25, 0.3) is 11.8 Å². The Kier molecular flexibility index (Phi) is 10.5. The first-order valence-corrected chi connectivity index (χ1v) is 14.7. The number of carbonyl (C=O) groups excluding carboxylic acids is 2. The topological polar surface area (TPSA) is 114 Å². The minimum atomic E-state index is -4.65. The van der Waals surface area contributed by atoms with E-state index in [1.807, 2.05) is 18.2 Å². The summed E-state index contributed by atoms with van der Waals surface area (Å²) in [5.41, 5.74) is 1.28. The number of nitriles is 1. The fourth-order valence-electron chi connectivity index (χ4n) is 4.65. The van der Waals surface area contributed by atoms with Crippen molar-refractivity contribution in [3.63, 3.8) is 0 Å². The van der Waals surface area contributed by atoms with Crippen molar-refractivity contribution in [2.24, 2.45) is 0 Å². The molecule has 1 saturated heterocycles. The molecular weight excluding hydrogens is 595 g/mol. The Morgan fingerprint density at radius 1 is 1.09 bits per heavy atom. The number of carbonyl (C=O) groups is 2. The second-order valence-corrected chi connectivity index (χ2v) is 11.0. The van der Waals surface area contributed by atoms with E-state index in [4.69, 9.17) is 0 Å². The van der Waals surface area contributed by atoms with Gasteiger partial charge in [0.15, 0.2) is 5.57 Å². The third kappa shape index (κ3) is 8.06. The molecule has 3 aromatic rings. The van der Waals surface area contributed by atoms with Crippen molar-refractivity contribution in [1.29, 1.82) is 5.26 Å². The predicted molar refractivity (Wildman–Crippen MR) is 165 cm³/mol. The Morgan fingerprint density at radius 3 is 2.43 bits per heavy atom. The molecule has 4 rings (SSSR count). The molecule has 0 spiro atoms. The van der Waals surface area contributed by atoms with Crippen LogP contribution in [0.3, 0.4) is 0 Å². The lowest BCUT2D eigenvalue weighted by molar-refractivity contribution is -0.135. The number of para-hydroxylation sites is 1. The standard InChI is InChI=1S/C30H32F3N7O3S/c1-3-40-28(43)25(44-29(40)24(17-34)27(42)36-20-30(31,32)33)18-35-21-8-7-11-23(16-21)37(2)26(41)19-38-12-14-39(15-13-38)22-9-5-4-6-10-22/h4-11,16,18,35H,3,12-15,19-20H2,1-2H3,(H,36,42). The van der Waals surface area contributed by atoms with Crippen molar-refractivity contribution in [3.05, 3.63) is 74.1 Å². The van der Waals surface area contributed by atoms with Crippen molar-refractivity contribution in [2.75, 3.05) is 61.4 Å². The quantitative estimate of drug-likeness (QED) is 0.373. The van der Waals surface area contributed by atoms with E-state index in [1.165, 1.54) is 11.9 Å². The average Bonchev–Trinajstić information content (AvgIpc) is 3.33. The highest BCUT2D eigenvalue weighted by molar-refractivity contribution is 7.07. The van der Waals surface area contributed by atoms with Crippen molar-refractivity contribution in [1.82, 2.24) is 14.8 Å². The molecule has 1 aliphatic heterocycles. The zero-order valence-electron chi connectivity index (χ0n) is 24.2. The summed E-state index contributed by atoms with van der Waals surface area (Å²) in [5.74, 6) is -1.29. The van der Waals surface area contributed by atoms with Gasteiger partial charge < -0.3 is 20.4 Å². The summed E-state index contributed by atoms with van der Waals surface area (Å²) < 4.78 is 38.9. The maximum absolute atomic E-state index is 13.1.